The molecule has 0 heterocycles. The Balaban J connectivity index is 2.02. The molecule has 0 aliphatic heterocycles. The number of nitro groups is 1. The number of hydrogen-bond acceptors (Lipinski definition) is 9. The van der Waals surface area contributed by atoms with Crippen molar-refractivity contribution in [2.24, 2.45) is 0 Å². The Morgan fingerprint density at radius 1 is 0.946 bits per heavy atom. The molecule has 3 aromatic rings. The maximum Gasteiger partial charge on any atom is 0.340 e. The molecular formula is C24H23N3O9S. The zero-order valence-corrected chi connectivity index (χ0v) is 20.9. The van der Waals surface area contributed by atoms with E-state index in [2.05, 4.69) is 5.32 Å². The lowest BCUT2D eigenvalue weighted by molar-refractivity contribution is -0.384. The van der Waals surface area contributed by atoms with Crippen LogP contribution in [0.3, 0.4) is 0 Å². The summed E-state index contributed by atoms with van der Waals surface area (Å²) < 4.78 is 42.9. The summed E-state index contributed by atoms with van der Waals surface area (Å²) >= 11 is 0. The van der Waals surface area contributed by atoms with Gasteiger partial charge >= 0.3 is 5.97 Å². The lowest BCUT2D eigenvalue weighted by atomic mass is 10.1. The maximum atomic E-state index is 13.4. The van der Waals surface area contributed by atoms with E-state index in [4.69, 9.17) is 14.2 Å². The number of ether oxygens (including phenoxy) is 3. The van der Waals surface area contributed by atoms with Crippen molar-refractivity contribution >= 4 is 39.0 Å². The van der Waals surface area contributed by atoms with Crippen LogP contribution >= 0.6 is 0 Å². The van der Waals surface area contributed by atoms with E-state index in [1.54, 1.807) is 6.07 Å². The van der Waals surface area contributed by atoms with Crippen molar-refractivity contribution in [2.75, 3.05) is 37.5 Å². The van der Waals surface area contributed by atoms with E-state index < -0.39 is 33.4 Å². The summed E-state index contributed by atoms with van der Waals surface area (Å²) in [6.45, 7) is -0.718. The van der Waals surface area contributed by atoms with E-state index in [0.717, 1.165) is 23.5 Å². The number of rotatable bonds is 10. The highest BCUT2D eigenvalue weighted by atomic mass is 32.2. The van der Waals surface area contributed by atoms with Crippen LogP contribution in [0.4, 0.5) is 17.1 Å². The Hall–Kier alpha value is -4.65. The monoisotopic (exact) mass is 529 g/mol. The van der Waals surface area contributed by atoms with Gasteiger partial charge in [-0.25, -0.2) is 13.2 Å². The molecule has 0 aromatic heterocycles. The second kappa shape index (κ2) is 11.4. The smallest absolute Gasteiger partial charge is 0.340 e. The highest BCUT2D eigenvalue weighted by molar-refractivity contribution is 7.92. The lowest BCUT2D eigenvalue weighted by Gasteiger charge is -2.24. The van der Waals surface area contributed by atoms with Crippen LogP contribution in [-0.4, -0.2) is 53.1 Å². The summed E-state index contributed by atoms with van der Waals surface area (Å²) in [5, 5.41) is 13.6. The zero-order chi connectivity index (χ0) is 27.2. The number of sulfonamides is 1. The zero-order valence-electron chi connectivity index (χ0n) is 20.0. The summed E-state index contributed by atoms with van der Waals surface area (Å²) in [7, 11) is -0.369. The van der Waals surface area contributed by atoms with Gasteiger partial charge < -0.3 is 19.5 Å². The number of carbonyl (C=O) groups excluding carboxylic acids is 2. The maximum absolute atomic E-state index is 13.4. The highest BCUT2D eigenvalue weighted by Crippen LogP contribution is 2.34. The summed E-state index contributed by atoms with van der Waals surface area (Å²) in [6, 6.07) is 14.7. The molecule has 13 heteroatoms. The average Bonchev–Trinajstić information content (AvgIpc) is 2.91. The second-order valence-corrected chi connectivity index (χ2v) is 9.25. The van der Waals surface area contributed by atoms with Gasteiger partial charge in [-0.3, -0.25) is 19.2 Å². The van der Waals surface area contributed by atoms with Gasteiger partial charge in [-0.05, 0) is 24.3 Å². The standard InChI is InChI=1S/C24H23N3O9S/c1-34-21-13-19(24(29)36-3)20(14-22(21)35-2)25-23(28)15-26(16-9-11-17(12-10-16)27(30)31)37(32,33)18-7-5-4-6-8-18/h4-14H,15H2,1-3H3,(H,25,28). The molecule has 1 amide bonds. The third kappa shape index (κ3) is 5.95. The van der Waals surface area contributed by atoms with Crippen LogP contribution in [0.5, 0.6) is 11.5 Å². The minimum Gasteiger partial charge on any atom is -0.493 e. The third-order valence-corrected chi connectivity index (χ3v) is 6.96. The SMILES string of the molecule is COC(=O)c1cc(OC)c(OC)cc1NC(=O)CN(c1ccc([N+](=O)[O-])cc1)S(=O)(=O)c1ccccc1. The topological polar surface area (TPSA) is 154 Å². The Morgan fingerprint density at radius 3 is 2.08 bits per heavy atom. The van der Waals surface area contributed by atoms with Gasteiger partial charge in [0.05, 0.1) is 48.1 Å². The van der Waals surface area contributed by atoms with Crippen LogP contribution in [0.25, 0.3) is 0 Å². The molecule has 0 radical (unpaired) electrons. The normalized spacial score (nSPS) is 10.8. The number of nitrogens with zero attached hydrogens (tertiary/aromatic N) is 2. The van der Waals surface area contributed by atoms with Gasteiger partial charge in [0.1, 0.15) is 6.54 Å². The van der Waals surface area contributed by atoms with Crippen LogP contribution in [-0.2, 0) is 19.6 Å². The van der Waals surface area contributed by atoms with Gasteiger partial charge in [0.15, 0.2) is 11.5 Å². The van der Waals surface area contributed by atoms with Gasteiger partial charge in [-0.15, -0.1) is 0 Å². The molecule has 0 saturated heterocycles. The average molecular weight is 530 g/mol. The molecule has 12 nitrogen and oxygen atoms in total. The number of benzene rings is 3. The number of methoxy groups -OCH3 is 3. The van der Waals surface area contributed by atoms with Crippen LogP contribution in [0.2, 0.25) is 0 Å². The number of anilines is 2. The molecule has 0 aliphatic rings. The van der Waals surface area contributed by atoms with Crippen molar-refractivity contribution in [3.05, 3.63) is 82.4 Å². The van der Waals surface area contributed by atoms with E-state index in [-0.39, 0.29) is 39.0 Å². The molecule has 3 aromatic carbocycles. The number of non-ortho nitro benzene ring substituents is 1. The van der Waals surface area contributed by atoms with E-state index >= 15 is 0 Å². The minimum absolute atomic E-state index is 0.00439. The van der Waals surface area contributed by atoms with Crippen LogP contribution in [0, 0.1) is 10.1 Å². The Kier molecular flexibility index (Phi) is 8.30. The fraction of sp³-hybridized carbons (Fsp3) is 0.167. The molecule has 194 valence electrons. The quantitative estimate of drug-likeness (QED) is 0.237. The fourth-order valence-corrected chi connectivity index (χ4v) is 4.80. The number of nitrogens with one attached hydrogen (secondary N) is 1. The van der Waals surface area contributed by atoms with Crippen molar-refractivity contribution in [2.45, 2.75) is 4.90 Å². The summed E-state index contributed by atoms with van der Waals surface area (Å²) in [4.78, 5) is 35.8. The van der Waals surface area contributed by atoms with Crippen molar-refractivity contribution < 1.29 is 37.1 Å². The van der Waals surface area contributed by atoms with Crippen LogP contribution in [0.1, 0.15) is 10.4 Å². The third-order valence-electron chi connectivity index (χ3n) is 5.17. The van der Waals surface area contributed by atoms with Crippen LogP contribution < -0.4 is 19.1 Å². The van der Waals surface area contributed by atoms with E-state index in [1.807, 2.05) is 0 Å². The number of esters is 1. The second-order valence-electron chi connectivity index (χ2n) is 7.39. The molecule has 0 saturated carbocycles. The summed E-state index contributed by atoms with van der Waals surface area (Å²) in [5.74, 6) is -1.18. The first-order chi connectivity index (χ1) is 17.6. The number of carbonyl (C=O) groups is 2. The molecule has 0 atom stereocenters. The predicted octanol–water partition coefficient (Wildman–Crippen LogP) is 3.23. The van der Waals surface area contributed by atoms with Gasteiger partial charge in [-0.2, -0.15) is 0 Å². The van der Waals surface area contributed by atoms with Crippen LogP contribution in [0.15, 0.2) is 71.6 Å². The molecule has 0 unspecified atom stereocenters. The van der Waals surface area contributed by atoms with Crippen molar-refractivity contribution in [3.8, 4) is 11.5 Å². The summed E-state index contributed by atoms with van der Waals surface area (Å²) in [5.41, 5.74) is -0.292. The Bertz CT molecular complexity index is 1410. The Morgan fingerprint density at radius 2 is 1.54 bits per heavy atom. The van der Waals surface area contributed by atoms with Gasteiger partial charge in [0.2, 0.25) is 5.91 Å². The number of nitro benzene ring substituents is 1. The molecule has 0 spiro atoms. The number of amides is 1. The fourth-order valence-electron chi connectivity index (χ4n) is 3.36. The first-order valence-electron chi connectivity index (χ1n) is 10.6. The van der Waals surface area contributed by atoms with Gasteiger partial charge in [0, 0.05) is 24.3 Å². The molecule has 0 aliphatic carbocycles. The first kappa shape index (κ1) is 26.9. The largest absolute Gasteiger partial charge is 0.493 e. The molecule has 0 bridgehead atoms. The van der Waals surface area contributed by atoms with E-state index in [9.17, 15) is 28.1 Å². The molecule has 0 fully saturated rings. The van der Waals surface area contributed by atoms with Gasteiger partial charge in [0.25, 0.3) is 15.7 Å². The molecule has 1 N–H and O–H groups in total. The first-order valence-corrected chi connectivity index (χ1v) is 12.0. The van der Waals surface area contributed by atoms with Crippen molar-refractivity contribution in [3.63, 3.8) is 0 Å². The lowest BCUT2D eigenvalue weighted by Crippen LogP contribution is -2.38. The highest BCUT2D eigenvalue weighted by Gasteiger charge is 2.28. The molecular weight excluding hydrogens is 506 g/mol. The van der Waals surface area contributed by atoms with Crippen molar-refractivity contribution in [1.82, 2.24) is 0 Å². The summed E-state index contributed by atoms with van der Waals surface area (Å²) in [6.07, 6.45) is 0. The Labute approximate surface area is 212 Å². The van der Waals surface area contributed by atoms with Gasteiger partial charge in [-0.1, -0.05) is 18.2 Å². The molecule has 3 rings (SSSR count). The van der Waals surface area contributed by atoms with E-state index in [0.29, 0.717) is 0 Å². The van der Waals surface area contributed by atoms with Crippen molar-refractivity contribution in [1.29, 1.82) is 0 Å². The minimum atomic E-state index is -4.26. The number of hydrogen-bond donors (Lipinski definition) is 1. The van der Waals surface area contributed by atoms with E-state index in [1.165, 1.54) is 62.8 Å². The predicted molar refractivity (Wildman–Crippen MR) is 134 cm³/mol. The molecule has 37 heavy (non-hydrogen) atoms.